The molecule has 0 saturated heterocycles. The maximum Gasteiger partial charge on any atom is 0.254 e. The van der Waals surface area contributed by atoms with Crippen LogP contribution in [0.25, 0.3) is 11.3 Å². The quantitative estimate of drug-likeness (QED) is 0.562. The number of halogens is 1. The van der Waals surface area contributed by atoms with Gasteiger partial charge in [-0.3, -0.25) is 9.48 Å². The molecule has 1 aliphatic rings. The molecular formula is C24H29FN6O2. The Morgan fingerprint density at radius 2 is 1.97 bits per heavy atom. The fourth-order valence-electron chi connectivity index (χ4n) is 4.12. The molecule has 0 radical (unpaired) electrons. The number of fused-ring (bicyclic) bond motifs is 5. The van der Waals surface area contributed by atoms with E-state index in [1.807, 2.05) is 33.9 Å². The van der Waals surface area contributed by atoms with Crippen molar-refractivity contribution in [3.05, 3.63) is 58.3 Å². The maximum absolute atomic E-state index is 14.1. The number of ether oxygens (including phenoxy) is 1. The smallest absolute Gasteiger partial charge is 0.254 e. The summed E-state index contributed by atoms with van der Waals surface area (Å²) in [5, 5.41) is 16.8. The van der Waals surface area contributed by atoms with Crippen molar-refractivity contribution in [3.8, 4) is 11.3 Å². The summed E-state index contributed by atoms with van der Waals surface area (Å²) in [5.74, 6) is -0.720. The molecule has 0 fully saturated rings. The average Bonchev–Trinajstić information content (AvgIpc) is 3.06. The van der Waals surface area contributed by atoms with E-state index < -0.39 is 0 Å². The fourth-order valence-corrected chi connectivity index (χ4v) is 4.12. The number of aromatic nitrogens is 4. The Bertz CT molecular complexity index is 1190. The average molecular weight is 453 g/mol. The third kappa shape index (κ3) is 4.59. The lowest BCUT2D eigenvalue weighted by atomic mass is 9.95. The monoisotopic (exact) mass is 452 g/mol. The van der Waals surface area contributed by atoms with E-state index in [9.17, 15) is 9.18 Å². The van der Waals surface area contributed by atoms with E-state index in [1.165, 1.54) is 12.1 Å². The van der Waals surface area contributed by atoms with Gasteiger partial charge in [-0.25, -0.2) is 4.39 Å². The summed E-state index contributed by atoms with van der Waals surface area (Å²) in [6.07, 6.45) is 0. The summed E-state index contributed by atoms with van der Waals surface area (Å²) in [5.41, 5.74) is 5.95. The van der Waals surface area contributed by atoms with Crippen molar-refractivity contribution in [1.82, 2.24) is 24.9 Å². The number of hydrogen-bond donors (Lipinski definition) is 1. The SMILES string of the molecule is Cc1nnc2cc1NCCOC[C@@H](C)c1cc(F)ccc1C(=O)N(C)Cc1nn(C)c(C)c1-2. The molecule has 1 amide bonds. The number of hydrogen-bond acceptors (Lipinski definition) is 6. The van der Waals surface area contributed by atoms with Crippen molar-refractivity contribution in [1.29, 1.82) is 0 Å². The first-order valence-electron chi connectivity index (χ1n) is 11.0. The molecule has 9 heteroatoms. The Kier molecular flexibility index (Phi) is 6.42. The van der Waals surface area contributed by atoms with Gasteiger partial charge in [-0.1, -0.05) is 6.92 Å². The lowest BCUT2D eigenvalue weighted by Crippen LogP contribution is -2.28. The van der Waals surface area contributed by atoms with Gasteiger partial charge in [-0.2, -0.15) is 10.2 Å². The second kappa shape index (κ2) is 9.27. The van der Waals surface area contributed by atoms with Crippen LogP contribution < -0.4 is 5.32 Å². The van der Waals surface area contributed by atoms with Crippen molar-refractivity contribution in [2.45, 2.75) is 33.2 Å². The summed E-state index contributed by atoms with van der Waals surface area (Å²) in [6.45, 7) is 7.48. The molecule has 2 bridgehead atoms. The van der Waals surface area contributed by atoms with Gasteiger partial charge >= 0.3 is 0 Å². The Morgan fingerprint density at radius 1 is 1.18 bits per heavy atom. The summed E-state index contributed by atoms with van der Waals surface area (Å²) < 4.78 is 21.7. The van der Waals surface area contributed by atoms with Gasteiger partial charge in [-0.05, 0) is 43.7 Å². The topological polar surface area (TPSA) is 85.2 Å². The Hall–Kier alpha value is -3.33. The Balaban J connectivity index is 1.80. The Labute approximate surface area is 192 Å². The fraction of sp³-hybridized carbons (Fsp3) is 0.417. The van der Waals surface area contributed by atoms with E-state index in [4.69, 9.17) is 4.74 Å². The highest BCUT2D eigenvalue weighted by atomic mass is 19.1. The second-order valence-corrected chi connectivity index (χ2v) is 8.55. The van der Waals surface area contributed by atoms with Crippen molar-refractivity contribution in [3.63, 3.8) is 0 Å². The first kappa shape index (κ1) is 22.8. The molecule has 1 aliphatic heterocycles. The second-order valence-electron chi connectivity index (χ2n) is 8.55. The molecule has 0 saturated carbocycles. The van der Waals surface area contributed by atoms with Gasteiger partial charge in [0.15, 0.2) is 0 Å². The minimum Gasteiger partial charge on any atom is -0.381 e. The molecule has 3 aromatic rings. The van der Waals surface area contributed by atoms with Gasteiger partial charge in [0.2, 0.25) is 0 Å². The van der Waals surface area contributed by atoms with E-state index in [0.717, 1.165) is 28.3 Å². The minimum atomic E-state index is -0.373. The first-order valence-corrected chi connectivity index (χ1v) is 11.0. The van der Waals surface area contributed by atoms with Gasteiger partial charge in [0, 0.05) is 43.4 Å². The van der Waals surface area contributed by atoms with Gasteiger partial charge in [0.05, 0.1) is 42.5 Å². The summed E-state index contributed by atoms with van der Waals surface area (Å²) in [6, 6.07) is 6.26. The van der Waals surface area contributed by atoms with Crippen LogP contribution >= 0.6 is 0 Å². The number of anilines is 1. The van der Waals surface area contributed by atoms with E-state index in [1.54, 1.807) is 22.7 Å². The van der Waals surface area contributed by atoms with Crippen molar-refractivity contribution in [2.24, 2.45) is 7.05 Å². The number of benzene rings is 1. The normalized spacial score (nSPS) is 17.3. The molecule has 1 aromatic carbocycles. The van der Waals surface area contributed by atoms with Crippen LogP contribution in [-0.2, 0) is 18.3 Å². The predicted octanol–water partition coefficient (Wildman–Crippen LogP) is 3.45. The first-order chi connectivity index (χ1) is 15.8. The third-order valence-corrected chi connectivity index (χ3v) is 6.08. The molecule has 1 N–H and O–H groups in total. The standard InChI is InChI=1S/C24H29FN6O2/c1-14-13-33-9-8-26-20-11-21(28-27-15(20)2)23-16(3)31(5)29-22(23)12-30(4)24(32)18-7-6-17(25)10-19(14)18/h6-7,10-11,14,26H,8-9,12-13H2,1-5H3/t14-/m1/s1. The lowest BCUT2D eigenvalue weighted by Gasteiger charge is -2.22. The predicted molar refractivity (Wildman–Crippen MR) is 124 cm³/mol. The van der Waals surface area contributed by atoms with Crippen LogP contribution in [0, 0.1) is 19.7 Å². The molecule has 33 heavy (non-hydrogen) atoms. The number of aryl methyl sites for hydroxylation is 2. The number of rotatable bonds is 0. The number of nitrogens with zero attached hydrogens (tertiary/aromatic N) is 5. The third-order valence-electron chi connectivity index (χ3n) is 6.08. The zero-order valence-electron chi connectivity index (χ0n) is 19.6. The molecular weight excluding hydrogens is 423 g/mol. The lowest BCUT2D eigenvalue weighted by molar-refractivity contribution is 0.0780. The minimum absolute atomic E-state index is 0.149. The van der Waals surface area contributed by atoms with Crippen molar-refractivity contribution < 1.29 is 13.9 Å². The van der Waals surface area contributed by atoms with Gasteiger partial charge < -0.3 is 15.0 Å². The van der Waals surface area contributed by atoms with Crippen molar-refractivity contribution >= 4 is 11.6 Å². The summed E-state index contributed by atoms with van der Waals surface area (Å²) in [7, 11) is 3.59. The zero-order chi connectivity index (χ0) is 23.7. The largest absolute Gasteiger partial charge is 0.381 e. The molecule has 0 unspecified atom stereocenters. The summed E-state index contributed by atoms with van der Waals surface area (Å²) >= 11 is 0. The molecule has 3 heterocycles. The number of amides is 1. The molecule has 0 aliphatic carbocycles. The van der Waals surface area contributed by atoms with Crippen LogP contribution in [0.5, 0.6) is 0 Å². The molecule has 4 rings (SSSR count). The van der Waals surface area contributed by atoms with E-state index in [0.29, 0.717) is 36.6 Å². The van der Waals surface area contributed by atoms with Gasteiger partial charge in [-0.15, -0.1) is 5.10 Å². The Morgan fingerprint density at radius 3 is 2.76 bits per heavy atom. The van der Waals surface area contributed by atoms with E-state index in [2.05, 4.69) is 20.6 Å². The van der Waals surface area contributed by atoms with Crippen LogP contribution in [0.15, 0.2) is 24.3 Å². The number of carbonyl (C=O) groups is 1. The van der Waals surface area contributed by atoms with Gasteiger partial charge in [0.1, 0.15) is 5.82 Å². The number of nitrogens with one attached hydrogen (secondary N) is 1. The van der Waals surface area contributed by atoms with Crippen LogP contribution in [-0.4, -0.2) is 57.6 Å². The molecule has 174 valence electrons. The van der Waals surface area contributed by atoms with Crippen LogP contribution in [0.2, 0.25) is 0 Å². The highest BCUT2D eigenvalue weighted by molar-refractivity contribution is 5.95. The molecule has 8 nitrogen and oxygen atoms in total. The highest BCUT2D eigenvalue weighted by Gasteiger charge is 2.24. The maximum atomic E-state index is 14.1. The molecule has 2 aromatic heterocycles. The van der Waals surface area contributed by atoms with Crippen LogP contribution in [0.4, 0.5) is 10.1 Å². The van der Waals surface area contributed by atoms with Crippen LogP contribution in [0.3, 0.4) is 0 Å². The van der Waals surface area contributed by atoms with Crippen LogP contribution in [0.1, 0.15) is 45.8 Å². The zero-order valence-corrected chi connectivity index (χ0v) is 19.6. The molecule has 0 spiro atoms. The summed E-state index contributed by atoms with van der Waals surface area (Å²) in [4.78, 5) is 15.0. The molecule has 1 atom stereocenters. The highest BCUT2D eigenvalue weighted by Crippen LogP contribution is 2.30. The number of carbonyl (C=O) groups excluding carboxylic acids is 1. The van der Waals surface area contributed by atoms with Gasteiger partial charge in [0.25, 0.3) is 5.91 Å². The van der Waals surface area contributed by atoms with E-state index in [-0.39, 0.29) is 24.2 Å². The van der Waals surface area contributed by atoms with E-state index >= 15 is 0 Å². The van der Waals surface area contributed by atoms with Crippen molar-refractivity contribution in [2.75, 3.05) is 32.1 Å².